The molecule has 0 unspecified atom stereocenters. The van der Waals surface area contributed by atoms with E-state index in [9.17, 15) is 8.42 Å². The van der Waals surface area contributed by atoms with E-state index in [0.29, 0.717) is 15.6 Å². The Hall–Kier alpha value is -0.790. The van der Waals surface area contributed by atoms with E-state index in [1.165, 1.54) is 24.3 Å². The molecule has 1 aromatic heterocycles. The Morgan fingerprint density at radius 2 is 1.95 bits per heavy atom. The minimum Gasteiger partial charge on any atom is -0.391 e. The largest absolute Gasteiger partial charge is 0.391 e. The van der Waals surface area contributed by atoms with Crippen molar-refractivity contribution in [3.8, 4) is 0 Å². The Balaban J connectivity index is 2.32. The van der Waals surface area contributed by atoms with Crippen LogP contribution in [0.4, 0.5) is 5.69 Å². The zero-order chi connectivity index (χ0) is 14.9. The second kappa shape index (κ2) is 5.91. The summed E-state index contributed by atoms with van der Waals surface area (Å²) in [7, 11) is -3.70. The summed E-state index contributed by atoms with van der Waals surface area (Å²) < 4.78 is 27.0. The fraction of sp³-hybridized carbons (Fsp3) is 0.167. The number of hydrogen-bond donors (Lipinski definition) is 2. The van der Waals surface area contributed by atoms with Crippen LogP contribution in [0, 0.1) is 6.92 Å². The molecule has 0 spiro atoms. The lowest BCUT2D eigenvalue weighted by atomic mass is 10.3. The van der Waals surface area contributed by atoms with Crippen molar-refractivity contribution in [2.45, 2.75) is 17.7 Å². The van der Waals surface area contributed by atoms with Crippen LogP contribution >= 0.6 is 34.5 Å². The van der Waals surface area contributed by atoms with E-state index in [1.807, 2.05) is 0 Å². The Labute approximate surface area is 131 Å². The number of aliphatic hydroxyl groups excluding tert-OH is 1. The minimum atomic E-state index is -3.70. The summed E-state index contributed by atoms with van der Waals surface area (Å²) in [5.74, 6) is 0. The zero-order valence-electron chi connectivity index (χ0n) is 10.4. The van der Waals surface area contributed by atoms with Gasteiger partial charge in [0.05, 0.1) is 22.3 Å². The molecule has 0 fully saturated rings. The van der Waals surface area contributed by atoms with Crippen LogP contribution in [0.2, 0.25) is 10.0 Å². The number of nitrogens with one attached hydrogen (secondary N) is 1. The Morgan fingerprint density at radius 1 is 1.25 bits per heavy atom. The molecule has 1 aromatic carbocycles. The van der Waals surface area contributed by atoms with E-state index in [4.69, 9.17) is 28.3 Å². The van der Waals surface area contributed by atoms with Crippen molar-refractivity contribution in [1.82, 2.24) is 0 Å². The molecule has 8 heteroatoms. The first-order valence-electron chi connectivity index (χ1n) is 5.51. The van der Waals surface area contributed by atoms with Gasteiger partial charge in [-0.05, 0) is 36.8 Å². The highest BCUT2D eigenvalue weighted by atomic mass is 35.5. The third kappa shape index (κ3) is 3.27. The van der Waals surface area contributed by atoms with Gasteiger partial charge < -0.3 is 5.11 Å². The topological polar surface area (TPSA) is 66.4 Å². The summed E-state index contributed by atoms with van der Waals surface area (Å²) in [6.07, 6.45) is 0. The molecule has 0 aliphatic rings. The number of rotatable bonds is 4. The highest BCUT2D eigenvalue weighted by Gasteiger charge is 2.19. The van der Waals surface area contributed by atoms with Gasteiger partial charge in [-0.3, -0.25) is 4.72 Å². The van der Waals surface area contributed by atoms with Crippen LogP contribution in [0.3, 0.4) is 0 Å². The van der Waals surface area contributed by atoms with Crippen molar-refractivity contribution in [3.63, 3.8) is 0 Å². The van der Waals surface area contributed by atoms with Crippen LogP contribution in [0.15, 0.2) is 28.5 Å². The summed E-state index contributed by atoms with van der Waals surface area (Å²) in [6.45, 7) is 1.57. The van der Waals surface area contributed by atoms with E-state index in [2.05, 4.69) is 4.72 Å². The summed E-state index contributed by atoms with van der Waals surface area (Å²) >= 11 is 12.7. The van der Waals surface area contributed by atoms with Gasteiger partial charge in [-0.15, -0.1) is 11.3 Å². The van der Waals surface area contributed by atoms with Gasteiger partial charge in [0.2, 0.25) is 0 Å². The lowest BCUT2D eigenvalue weighted by Gasteiger charge is -2.07. The van der Waals surface area contributed by atoms with Crippen molar-refractivity contribution in [1.29, 1.82) is 0 Å². The van der Waals surface area contributed by atoms with E-state index in [-0.39, 0.29) is 15.8 Å². The maximum Gasteiger partial charge on any atom is 0.271 e. The highest BCUT2D eigenvalue weighted by molar-refractivity contribution is 7.94. The Bertz CT molecular complexity index is 741. The van der Waals surface area contributed by atoms with Gasteiger partial charge in [-0.25, -0.2) is 8.42 Å². The van der Waals surface area contributed by atoms with Crippen LogP contribution < -0.4 is 4.72 Å². The smallest absolute Gasteiger partial charge is 0.271 e. The molecule has 4 nitrogen and oxygen atoms in total. The van der Waals surface area contributed by atoms with Crippen molar-refractivity contribution in [3.05, 3.63) is 44.8 Å². The SMILES string of the molecule is Cc1cc(S(=O)(=O)Nc2ccc(Cl)c(Cl)c2)sc1CO. The third-order valence-electron chi connectivity index (χ3n) is 2.58. The second-order valence-electron chi connectivity index (χ2n) is 4.06. The maximum absolute atomic E-state index is 12.2. The molecule has 0 radical (unpaired) electrons. The molecular formula is C12H11Cl2NO3S2. The van der Waals surface area contributed by atoms with Crippen LogP contribution in [0.1, 0.15) is 10.4 Å². The van der Waals surface area contributed by atoms with Gasteiger partial charge in [-0.1, -0.05) is 23.2 Å². The van der Waals surface area contributed by atoms with Gasteiger partial charge >= 0.3 is 0 Å². The van der Waals surface area contributed by atoms with Crippen molar-refractivity contribution >= 4 is 50.2 Å². The van der Waals surface area contributed by atoms with E-state index >= 15 is 0 Å². The van der Waals surface area contributed by atoms with Crippen LogP contribution in [-0.2, 0) is 16.6 Å². The molecule has 0 saturated heterocycles. The molecule has 0 saturated carbocycles. The quantitative estimate of drug-likeness (QED) is 0.883. The monoisotopic (exact) mass is 351 g/mol. The van der Waals surface area contributed by atoms with Gasteiger partial charge in [0.15, 0.2) is 0 Å². The molecule has 0 aliphatic heterocycles. The standard InChI is InChI=1S/C12H11Cl2NO3S2/c1-7-4-12(19-11(7)6-16)20(17,18)15-8-2-3-9(13)10(14)5-8/h2-5,15-16H,6H2,1H3. The molecule has 108 valence electrons. The number of aryl methyl sites for hydroxylation is 1. The predicted molar refractivity (Wildman–Crippen MR) is 82.2 cm³/mol. The molecule has 0 amide bonds. The summed E-state index contributed by atoms with van der Waals surface area (Å²) in [4.78, 5) is 0.625. The summed E-state index contributed by atoms with van der Waals surface area (Å²) in [5.41, 5.74) is 1.07. The van der Waals surface area contributed by atoms with Crippen LogP contribution in [0.5, 0.6) is 0 Å². The highest BCUT2D eigenvalue weighted by Crippen LogP contribution is 2.30. The second-order valence-corrected chi connectivity index (χ2v) is 7.92. The fourth-order valence-electron chi connectivity index (χ4n) is 1.54. The normalized spacial score (nSPS) is 11.6. The molecule has 2 rings (SSSR count). The van der Waals surface area contributed by atoms with Gasteiger partial charge in [-0.2, -0.15) is 0 Å². The minimum absolute atomic E-state index is 0.144. The van der Waals surface area contributed by atoms with E-state index in [1.54, 1.807) is 6.92 Å². The van der Waals surface area contributed by atoms with Crippen molar-refractivity contribution < 1.29 is 13.5 Å². The number of benzene rings is 1. The van der Waals surface area contributed by atoms with Crippen molar-refractivity contribution in [2.75, 3.05) is 4.72 Å². The van der Waals surface area contributed by atoms with Gasteiger partial charge in [0.1, 0.15) is 4.21 Å². The number of anilines is 1. The van der Waals surface area contributed by atoms with E-state index < -0.39 is 10.0 Å². The molecular weight excluding hydrogens is 341 g/mol. The average molecular weight is 352 g/mol. The lowest BCUT2D eigenvalue weighted by molar-refractivity contribution is 0.285. The first kappa shape index (κ1) is 15.6. The van der Waals surface area contributed by atoms with Crippen molar-refractivity contribution in [2.24, 2.45) is 0 Å². The molecule has 2 N–H and O–H groups in total. The average Bonchev–Trinajstić information content (AvgIpc) is 2.76. The molecule has 2 aromatic rings. The van der Waals surface area contributed by atoms with Crippen LogP contribution in [0.25, 0.3) is 0 Å². The number of sulfonamides is 1. The number of thiophene rings is 1. The Kier molecular flexibility index (Phi) is 4.61. The molecule has 20 heavy (non-hydrogen) atoms. The fourth-order valence-corrected chi connectivity index (χ4v) is 4.34. The first-order chi connectivity index (χ1) is 9.33. The molecule has 0 bridgehead atoms. The van der Waals surface area contributed by atoms with Gasteiger partial charge in [0.25, 0.3) is 10.0 Å². The van der Waals surface area contributed by atoms with Crippen LogP contribution in [-0.4, -0.2) is 13.5 Å². The molecule has 0 atom stereocenters. The number of aliphatic hydroxyl groups is 1. The molecule has 0 aliphatic carbocycles. The third-order valence-corrected chi connectivity index (χ3v) is 6.39. The maximum atomic E-state index is 12.2. The molecule has 1 heterocycles. The Morgan fingerprint density at radius 3 is 2.50 bits per heavy atom. The lowest BCUT2D eigenvalue weighted by Crippen LogP contribution is -2.11. The first-order valence-corrected chi connectivity index (χ1v) is 8.57. The summed E-state index contributed by atoms with van der Waals surface area (Å²) in [5, 5.41) is 9.74. The van der Waals surface area contributed by atoms with E-state index in [0.717, 1.165) is 16.9 Å². The summed E-state index contributed by atoms with van der Waals surface area (Å²) in [6, 6.07) is 6.00. The number of hydrogen-bond acceptors (Lipinski definition) is 4. The number of halogens is 2. The zero-order valence-corrected chi connectivity index (χ0v) is 13.5. The van der Waals surface area contributed by atoms with Gasteiger partial charge in [0, 0.05) is 4.88 Å². The predicted octanol–water partition coefficient (Wildman–Crippen LogP) is 3.66.